The summed E-state index contributed by atoms with van der Waals surface area (Å²) in [6.45, 7) is 1.78. The van der Waals surface area contributed by atoms with Crippen LogP contribution in [0.1, 0.15) is 58.8 Å². The molecule has 2 aliphatic rings. The monoisotopic (exact) mass is 486 g/mol. The number of amides is 1. The molecule has 2 unspecified atom stereocenters. The SMILES string of the molecule is Cc1cc(C2CC(c3cc(Cl)cc(Cl)c3)(C(F)(F)F)ON2C)ccc1C(=O)NC1CCC1. The third kappa shape index (κ3) is 4.23. The van der Waals surface area contributed by atoms with Gasteiger partial charge >= 0.3 is 6.18 Å². The van der Waals surface area contributed by atoms with Crippen molar-refractivity contribution in [3.63, 3.8) is 0 Å². The van der Waals surface area contributed by atoms with Crippen LogP contribution in [-0.2, 0) is 10.4 Å². The molecule has 2 aromatic carbocycles. The predicted octanol–water partition coefficient (Wildman–Crippen LogP) is 6.35. The van der Waals surface area contributed by atoms with E-state index in [1.807, 2.05) is 0 Å². The molecule has 2 aromatic rings. The molecule has 2 atom stereocenters. The fraction of sp³-hybridized carbons (Fsp3) is 0.435. The first-order valence-corrected chi connectivity index (χ1v) is 11.1. The zero-order valence-electron chi connectivity index (χ0n) is 17.6. The van der Waals surface area contributed by atoms with Crippen molar-refractivity contribution >= 4 is 29.1 Å². The Hall–Kier alpha value is -1.80. The smallest absolute Gasteiger partial charge is 0.349 e. The highest BCUT2D eigenvalue weighted by Gasteiger charge is 2.63. The van der Waals surface area contributed by atoms with Crippen molar-refractivity contribution < 1.29 is 22.8 Å². The van der Waals surface area contributed by atoms with Gasteiger partial charge in [0.1, 0.15) is 0 Å². The lowest BCUT2D eigenvalue weighted by molar-refractivity contribution is -0.322. The summed E-state index contributed by atoms with van der Waals surface area (Å²) in [5.74, 6) is -0.159. The molecule has 0 bridgehead atoms. The number of hydrogen-bond acceptors (Lipinski definition) is 3. The van der Waals surface area contributed by atoms with Crippen LogP contribution in [-0.4, -0.2) is 30.2 Å². The number of hydrogen-bond donors (Lipinski definition) is 1. The number of rotatable bonds is 4. The maximum absolute atomic E-state index is 14.3. The van der Waals surface area contributed by atoms with Gasteiger partial charge < -0.3 is 5.32 Å². The van der Waals surface area contributed by atoms with Gasteiger partial charge in [-0.15, -0.1) is 0 Å². The highest BCUT2D eigenvalue weighted by atomic mass is 35.5. The van der Waals surface area contributed by atoms with Gasteiger partial charge in [0.15, 0.2) is 0 Å². The van der Waals surface area contributed by atoms with Crippen LogP contribution in [0, 0.1) is 6.92 Å². The number of benzene rings is 2. The maximum atomic E-state index is 14.3. The number of hydroxylamine groups is 2. The zero-order valence-corrected chi connectivity index (χ0v) is 19.1. The molecular formula is C23H23Cl2F3N2O2. The lowest BCUT2D eigenvalue weighted by atomic mass is 9.85. The van der Waals surface area contributed by atoms with Gasteiger partial charge in [0.05, 0.1) is 6.04 Å². The molecule has 1 amide bonds. The average molecular weight is 487 g/mol. The molecule has 32 heavy (non-hydrogen) atoms. The van der Waals surface area contributed by atoms with Crippen LogP contribution in [0.5, 0.6) is 0 Å². The summed E-state index contributed by atoms with van der Waals surface area (Å²) in [5.41, 5.74) is -0.891. The van der Waals surface area contributed by atoms with E-state index < -0.39 is 17.8 Å². The van der Waals surface area contributed by atoms with Crippen LogP contribution in [0.4, 0.5) is 13.2 Å². The molecular weight excluding hydrogens is 464 g/mol. The summed E-state index contributed by atoms with van der Waals surface area (Å²) < 4.78 is 43.0. The molecule has 172 valence electrons. The van der Waals surface area contributed by atoms with E-state index in [0.717, 1.165) is 19.3 Å². The van der Waals surface area contributed by atoms with Crippen LogP contribution in [0.3, 0.4) is 0 Å². The van der Waals surface area contributed by atoms with Crippen molar-refractivity contribution in [3.8, 4) is 0 Å². The van der Waals surface area contributed by atoms with Gasteiger partial charge in [-0.1, -0.05) is 35.3 Å². The Morgan fingerprint density at radius 2 is 1.81 bits per heavy atom. The maximum Gasteiger partial charge on any atom is 0.423 e. The quantitative estimate of drug-likeness (QED) is 0.547. The van der Waals surface area contributed by atoms with E-state index in [9.17, 15) is 18.0 Å². The number of nitrogens with one attached hydrogen (secondary N) is 1. The first kappa shape index (κ1) is 23.4. The van der Waals surface area contributed by atoms with E-state index in [4.69, 9.17) is 28.0 Å². The summed E-state index contributed by atoms with van der Waals surface area (Å²) in [6.07, 6.45) is -2.03. The van der Waals surface area contributed by atoms with Gasteiger partial charge in [-0.2, -0.15) is 18.2 Å². The Labute approximate surface area is 194 Å². The number of carbonyl (C=O) groups excluding carboxylic acids is 1. The third-order valence-electron chi connectivity index (χ3n) is 6.33. The van der Waals surface area contributed by atoms with E-state index in [1.165, 1.54) is 30.3 Å². The second-order valence-corrected chi connectivity index (χ2v) is 9.39. The first-order valence-electron chi connectivity index (χ1n) is 10.4. The molecule has 2 fully saturated rings. The number of aryl methyl sites for hydroxylation is 1. The summed E-state index contributed by atoms with van der Waals surface area (Å²) in [5, 5.41) is 4.40. The van der Waals surface area contributed by atoms with Gasteiger partial charge in [0.2, 0.25) is 5.60 Å². The largest absolute Gasteiger partial charge is 0.423 e. The van der Waals surface area contributed by atoms with Gasteiger partial charge in [-0.05, 0) is 67.1 Å². The number of nitrogens with zero attached hydrogens (tertiary/aromatic N) is 1. The molecule has 1 saturated heterocycles. The van der Waals surface area contributed by atoms with Crippen molar-refractivity contribution in [1.29, 1.82) is 0 Å². The van der Waals surface area contributed by atoms with Crippen molar-refractivity contribution in [3.05, 3.63) is 68.7 Å². The Kier molecular flexibility index (Phi) is 6.22. The highest BCUT2D eigenvalue weighted by molar-refractivity contribution is 6.34. The van der Waals surface area contributed by atoms with Crippen LogP contribution in [0.15, 0.2) is 36.4 Å². The summed E-state index contributed by atoms with van der Waals surface area (Å²) in [7, 11) is 1.47. The summed E-state index contributed by atoms with van der Waals surface area (Å²) in [4.78, 5) is 18.0. The van der Waals surface area contributed by atoms with E-state index in [0.29, 0.717) is 16.7 Å². The minimum atomic E-state index is -4.71. The summed E-state index contributed by atoms with van der Waals surface area (Å²) >= 11 is 12.0. The van der Waals surface area contributed by atoms with Crippen LogP contribution < -0.4 is 5.32 Å². The lowest BCUT2D eigenvalue weighted by Gasteiger charge is -2.31. The average Bonchev–Trinajstić information content (AvgIpc) is 3.02. The van der Waals surface area contributed by atoms with Crippen molar-refractivity contribution in [2.45, 2.75) is 56.5 Å². The number of halogens is 5. The van der Waals surface area contributed by atoms with Gasteiger partial charge in [-0.3, -0.25) is 9.63 Å². The number of carbonyl (C=O) groups is 1. The first-order chi connectivity index (χ1) is 15.0. The molecule has 1 saturated carbocycles. The molecule has 9 heteroatoms. The topological polar surface area (TPSA) is 41.6 Å². The second kappa shape index (κ2) is 8.52. The fourth-order valence-corrected chi connectivity index (χ4v) is 4.85. The fourth-order valence-electron chi connectivity index (χ4n) is 4.33. The molecule has 4 nitrogen and oxygen atoms in total. The normalized spacial score (nSPS) is 24.4. The minimum absolute atomic E-state index is 0.100. The third-order valence-corrected chi connectivity index (χ3v) is 6.76. The Bertz CT molecular complexity index is 1020. The van der Waals surface area contributed by atoms with Crippen LogP contribution in [0.2, 0.25) is 10.0 Å². The Balaban J connectivity index is 1.65. The molecule has 4 rings (SSSR count). The van der Waals surface area contributed by atoms with E-state index in [2.05, 4.69) is 5.32 Å². The molecule has 0 spiro atoms. The van der Waals surface area contributed by atoms with Crippen LogP contribution in [0.25, 0.3) is 0 Å². The van der Waals surface area contributed by atoms with Gasteiger partial charge in [0, 0.05) is 35.1 Å². The standard InChI is InChI=1S/C23H23Cl2F3N2O2/c1-13-8-14(6-7-19(13)21(31)29-18-4-3-5-18)20-12-22(23(26,27)28,32-30(20)2)15-9-16(24)11-17(25)10-15/h6-11,18,20H,3-5,12H2,1-2H3,(H,29,31). The molecule has 1 aliphatic heterocycles. The molecule has 1 N–H and O–H groups in total. The molecule has 0 aromatic heterocycles. The van der Waals surface area contributed by atoms with Crippen molar-refractivity contribution in [1.82, 2.24) is 10.4 Å². The highest BCUT2D eigenvalue weighted by Crippen LogP contribution is 2.54. The summed E-state index contributed by atoms with van der Waals surface area (Å²) in [6, 6.07) is 8.46. The molecule has 1 heterocycles. The van der Waals surface area contributed by atoms with E-state index in [-0.39, 0.29) is 34.0 Å². The molecule has 1 aliphatic carbocycles. The number of alkyl halides is 3. The Morgan fingerprint density at radius 1 is 1.16 bits per heavy atom. The van der Waals surface area contributed by atoms with E-state index in [1.54, 1.807) is 25.1 Å². The van der Waals surface area contributed by atoms with Gasteiger partial charge in [-0.25, -0.2) is 0 Å². The van der Waals surface area contributed by atoms with Crippen molar-refractivity contribution in [2.24, 2.45) is 0 Å². The van der Waals surface area contributed by atoms with Crippen LogP contribution >= 0.6 is 23.2 Å². The second-order valence-electron chi connectivity index (χ2n) is 8.52. The van der Waals surface area contributed by atoms with E-state index >= 15 is 0 Å². The van der Waals surface area contributed by atoms with Crippen molar-refractivity contribution in [2.75, 3.05) is 7.05 Å². The van der Waals surface area contributed by atoms with Gasteiger partial charge in [0.25, 0.3) is 5.91 Å². The Morgan fingerprint density at radius 3 is 2.34 bits per heavy atom. The zero-order chi connectivity index (χ0) is 23.3. The molecule has 0 radical (unpaired) electrons. The lowest BCUT2D eigenvalue weighted by Crippen LogP contribution is -2.42. The minimum Gasteiger partial charge on any atom is -0.349 e. The predicted molar refractivity (Wildman–Crippen MR) is 117 cm³/mol.